The monoisotopic (exact) mass is 246 g/mol. The Hall–Kier alpha value is -0.730. The Morgan fingerprint density at radius 3 is 2.24 bits per heavy atom. The molecule has 0 aromatic heterocycles. The minimum Gasteiger partial charge on any atom is -0.170 e. The van der Waals surface area contributed by atoms with Crippen LogP contribution >= 0.6 is 0 Å². The van der Waals surface area contributed by atoms with E-state index < -0.39 is 12.1 Å². The minimum absolute atomic E-state index is 0.0404. The summed E-state index contributed by atoms with van der Waals surface area (Å²) < 4.78 is 37.5. The first kappa shape index (κ1) is 14.3. The summed E-state index contributed by atoms with van der Waals surface area (Å²) >= 11 is 0. The van der Waals surface area contributed by atoms with Gasteiger partial charge in [0.25, 0.3) is 0 Å². The maximum absolute atomic E-state index is 12.5. The van der Waals surface area contributed by atoms with E-state index in [9.17, 15) is 13.2 Å². The van der Waals surface area contributed by atoms with Gasteiger partial charge in [0.15, 0.2) is 0 Å². The molecule has 0 nitrogen and oxygen atoms in total. The molecule has 0 amide bonds. The van der Waals surface area contributed by atoms with Crippen molar-refractivity contribution in [1.82, 2.24) is 0 Å². The Morgan fingerprint density at radius 1 is 1.29 bits per heavy atom. The first-order chi connectivity index (χ1) is 7.63. The van der Waals surface area contributed by atoms with E-state index >= 15 is 0 Å². The normalized spacial score (nSPS) is 21.9. The van der Waals surface area contributed by atoms with Crippen LogP contribution in [-0.4, -0.2) is 6.18 Å². The topological polar surface area (TPSA) is 0 Å². The van der Waals surface area contributed by atoms with Crippen LogP contribution in [0.4, 0.5) is 13.2 Å². The molecule has 0 N–H and O–H groups in total. The minimum atomic E-state index is -4.11. The van der Waals surface area contributed by atoms with E-state index in [1.807, 2.05) is 0 Å². The number of alkyl halides is 3. The van der Waals surface area contributed by atoms with Crippen LogP contribution in [0.25, 0.3) is 0 Å². The van der Waals surface area contributed by atoms with Crippen molar-refractivity contribution in [2.75, 3.05) is 0 Å². The average molecular weight is 246 g/mol. The van der Waals surface area contributed by atoms with Gasteiger partial charge in [0.05, 0.1) is 5.92 Å². The number of rotatable bonds is 3. The predicted octanol–water partition coefficient (Wildman–Crippen LogP) is 5.12. The van der Waals surface area contributed by atoms with Crippen molar-refractivity contribution in [1.29, 1.82) is 0 Å². The van der Waals surface area contributed by atoms with E-state index in [4.69, 9.17) is 0 Å². The highest BCUT2D eigenvalue weighted by molar-refractivity contribution is 5.29. The molecule has 0 aliphatic heterocycles. The maximum atomic E-state index is 12.5. The zero-order chi connectivity index (χ0) is 13.3. The maximum Gasteiger partial charge on any atom is 0.395 e. The summed E-state index contributed by atoms with van der Waals surface area (Å²) in [6.45, 7) is 8.45. The number of hydrogen-bond donors (Lipinski definition) is 0. The van der Waals surface area contributed by atoms with Crippen molar-refractivity contribution in [2.45, 2.75) is 46.7 Å². The van der Waals surface area contributed by atoms with Gasteiger partial charge in [0, 0.05) is 0 Å². The summed E-state index contributed by atoms with van der Waals surface area (Å²) in [7, 11) is 0. The highest BCUT2D eigenvalue weighted by Crippen LogP contribution is 2.40. The quantitative estimate of drug-likeness (QED) is 0.648. The van der Waals surface area contributed by atoms with Crippen molar-refractivity contribution in [3.8, 4) is 0 Å². The van der Waals surface area contributed by atoms with Gasteiger partial charge >= 0.3 is 6.18 Å². The third-order valence-electron chi connectivity index (χ3n) is 3.22. The molecule has 0 radical (unpaired) electrons. The fraction of sp³-hybridized carbons (Fsp3) is 0.714. The van der Waals surface area contributed by atoms with Crippen molar-refractivity contribution in [3.05, 3.63) is 23.8 Å². The van der Waals surface area contributed by atoms with Crippen LogP contribution in [0, 0.1) is 17.3 Å². The Kier molecular flexibility index (Phi) is 4.11. The third kappa shape index (κ3) is 3.90. The fourth-order valence-corrected chi connectivity index (χ4v) is 2.50. The molecule has 0 unspecified atom stereocenters. The second kappa shape index (κ2) is 4.87. The van der Waals surface area contributed by atoms with E-state index in [1.165, 1.54) is 6.08 Å². The Labute approximate surface area is 102 Å². The molecule has 17 heavy (non-hydrogen) atoms. The van der Waals surface area contributed by atoms with Crippen molar-refractivity contribution in [3.63, 3.8) is 0 Å². The van der Waals surface area contributed by atoms with Gasteiger partial charge in [0.1, 0.15) is 0 Å². The molecule has 0 saturated heterocycles. The van der Waals surface area contributed by atoms with Gasteiger partial charge in [-0.05, 0) is 29.7 Å². The second-order valence-electron chi connectivity index (χ2n) is 5.88. The summed E-state index contributed by atoms with van der Waals surface area (Å²) in [5.74, 6) is -0.763. The molecule has 1 aliphatic rings. The van der Waals surface area contributed by atoms with Crippen LogP contribution in [0.3, 0.4) is 0 Å². The van der Waals surface area contributed by atoms with E-state index in [-0.39, 0.29) is 11.8 Å². The molecule has 1 rings (SSSR count). The standard InChI is InChI=1S/C14H21F3/c1-10(2)9-13(3,4)11-5-7-12(8-6-11)14(15,16)17/h5-7,10,12H,8-9H2,1-4H3/t12-/m1/s1. The molecule has 0 heterocycles. The lowest BCUT2D eigenvalue weighted by atomic mass is 9.75. The van der Waals surface area contributed by atoms with Gasteiger partial charge < -0.3 is 0 Å². The Morgan fingerprint density at radius 2 is 1.88 bits per heavy atom. The fourth-order valence-electron chi connectivity index (χ4n) is 2.50. The van der Waals surface area contributed by atoms with Crippen LogP contribution in [0.5, 0.6) is 0 Å². The van der Waals surface area contributed by atoms with Gasteiger partial charge in [-0.15, -0.1) is 0 Å². The van der Waals surface area contributed by atoms with E-state index in [0.29, 0.717) is 5.92 Å². The molecule has 0 saturated carbocycles. The highest BCUT2D eigenvalue weighted by Gasteiger charge is 2.38. The van der Waals surface area contributed by atoms with Gasteiger partial charge in [-0.2, -0.15) is 13.2 Å². The van der Waals surface area contributed by atoms with Crippen LogP contribution in [0.15, 0.2) is 23.8 Å². The third-order valence-corrected chi connectivity index (χ3v) is 3.22. The summed E-state index contributed by atoms with van der Waals surface area (Å²) in [6.07, 6.45) is 1.67. The summed E-state index contributed by atoms with van der Waals surface area (Å²) in [5.41, 5.74) is 0.994. The van der Waals surface area contributed by atoms with E-state index in [0.717, 1.165) is 12.0 Å². The molecule has 0 aromatic rings. The molecule has 0 bridgehead atoms. The molecular weight excluding hydrogens is 225 g/mol. The summed E-state index contributed by atoms with van der Waals surface area (Å²) in [4.78, 5) is 0. The predicted molar refractivity (Wildman–Crippen MR) is 64.6 cm³/mol. The van der Waals surface area contributed by atoms with Crippen molar-refractivity contribution in [2.24, 2.45) is 17.3 Å². The zero-order valence-corrected chi connectivity index (χ0v) is 10.9. The molecule has 1 atom stereocenters. The number of halogens is 3. The molecule has 98 valence electrons. The molecular formula is C14H21F3. The first-order valence-corrected chi connectivity index (χ1v) is 6.08. The average Bonchev–Trinajstić information content (AvgIpc) is 2.14. The zero-order valence-electron chi connectivity index (χ0n) is 10.9. The summed E-state index contributed by atoms with van der Waals surface area (Å²) in [6, 6.07) is 0. The van der Waals surface area contributed by atoms with E-state index in [1.54, 1.807) is 12.2 Å². The molecule has 0 spiro atoms. The van der Waals surface area contributed by atoms with Gasteiger partial charge in [-0.25, -0.2) is 0 Å². The molecule has 3 heteroatoms. The second-order valence-corrected chi connectivity index (χ2v) is 5.88. The Bertz CT molecular complexity index is 319. The first-order valence-electron chi connectivity index (χ1n) is 6.08. The lowest BCUT2D eigenvalue weighted by Gasteiger charge is -2.31. The lowest BCUT2D eigenvalue weighted by molar-refractivity contribution is -0.160. The smallest absolute Gasteiger partial charge is 0.170 e. The van der Waals surface area contributed by atoms with Crippen molar-refractivity contribution >= 4 is 0 Å². The number of hydrogen-bond acceptors (Lipinski definition) is 0. The van der Waals surface area contributed by atoms with Crippen molar-refractivity contribution < 1.29 is 13.2 Å². The van der Waals surface area contributed by atoms with Crippen LogP contribution in [-0.2, 0) is 0 Å². The lowest BCUT2D eigenvalue weighted by Crippen LogP contribution is -2.24. The Balaban J connectivity index is 2.73. The van der Waals surface area contributed by atoms with Crippen LogP contribution in [0.2, 0.25) is 0 Å². The molecule has 0 aromatic carbocycles. The van der Waals surface area contributed by atoms with Gasteiger partial charge in [0.2, 0.25) is 0 Å². The van der Waals surface area contributed by atoms with Gasteiger partial charge in [-0.1, -0.05) is 45.9 Å². The molecule has 0 fully saturated rings. The van der Waals surface area contributed by atoms with Crippen LogP contribution < -0.4 is 0 Å². The van der Waals surface area contributed by atoms with Crippen LogP contribution in [0.1, 0.15) is 40.5 Å². The largest absolute Gasteiger partial charge is 0.395 e. The SMILES string of the molecule is CC(C)CC(C)(C)C1=CC[C@H](C(F)(F)F)C=C1. The van der Waals surface area contributed by atoms with E-state index in [2.05, 4.69) is 27.7 Å². The highest BCUT2D eigenvalue weighted by atomic mass is 19.4. The summed E-state index contributed by atoms with van der Waals surface area (Å²) in [5, 5.41) is 0. The molecule has 1 aliphatic carbocycles. The van der Waals surface area contributed by atoms with Gasteiger partial charge in [-0.3, -0.25) is 0 Å². The number of allylic oxidation sites excluding steroid dienone is 4.